The van der Waals surface area contributed by atoms with Gasteiger partial charge < -0.3 is 0 Å². The molecule has 1 saturated heterocycles. The number of halogens is 2. The van der Waals surface area contributed by atoms with Crippen LogP contribution in [-0.2, 0) is 0 Å². The number of rotatable bonds is 1. The van der Waals surface area contributed by atoms with E-state index in [4.69, 9.17) is 0 Å². The van der Waals surface area contributed by atoms with Crippen LogP contribution in [0.2, 0.25) is 0 Å². The molecule has 0 aromatic heterocycles. The topological polar surface area (TPSA) is 15.3 Å². The highest BCUT2D eigenvalue weighted by atomic mass is 19.3. The zero-order valence-corrected chi connectivity index (χ0v) is 7.73. The lowest BCUT2D eigenvalue weighted by Gasteiger charge is -2.33. The van der Waals surface area contributed by atoms with Gasteiger partial charge in [-0.1, -0.05) is 19.3 Å². The van der Waals surface area contributed by atoms with Crippen LogP contribution in [0, 0.1) is 0 Å². The van der Waals surface area contributed by atoms with Gasteiger partial charge >= 0.3 is 6.17 Å². The first-order valence-electron chi connectivity index (χ1n) is 5.10. The molecule has 0 atom stereocenters. The van der Waals surface area contributed by atoms with E-state index in [1.807, 2.05) is 0 Å². The van der Waals surface area contributed by atoms with E-state index in [1.165, 1.54) is 11.3 Å². The fourth-order valence-corrected chi connectivity index (χ4v) is 2.37. The number of hydrogen-bond acceptors (Lipinski definition) is 2. The second-order valence-electron chi connectivity index (χ2n) is 3.95. The van der Waals surface area contributed by atoms with Crippen LogP contribution in [0.5, 0.6) is 0 Å². The molecule has 13 heavy (non-hydrogen) atoms. The highest BCUT2D eigenvalue weighted by Crippen LogP contribution is 2.30. The average molecular weight is 190 g/mol. The molecule has 0 unspecified atom stereocenters. The van der Waals surface area contributed by atoms with Gasteiger partial charge in [0.05, 0.1) is 0 Å². The Morgan fingerprint density at radius 2 is 1.85 bits per heavy atom. The van der Waals surface area contributed by atoms with E-state index in [2.05, 4.69) is 5.32 Å². The lowest BCUT2D eigenvalue weighted by atomic mass is 9.94. The van der Waals surface area contributed by atoms with Gasteiger partial charge in [0.15, 0.2) is 0 Å². The zero-order valence-electron chi connectivity index (χ0n) is 7.73. The molecule has 2 nitrogen and oxygen atoms in total. The number of alkyl halides is 2. The van der Waals surface area contributed by atoms with Crippen LogP contribution >= 0.6 is 0 Å². The number of nitrogens with zero attached hydrogens (tertiary/aromatic N) is 1. The summed E-state index contributed by atoms with van der Waals surface area (Å²) in [6, 6.07) is 0.110. The lowest BCUT2D eigenvalue weighted by Crippen LogP contribution is -2.49. The number of hydrogen-bond donors (Lipinski definition) is 1. The predicted octanol–water partition coefficient (Wildman–Crippen LogP) is 1.77. The normalized spacial score (nSPS) is 30.9. The van der Waals surface area contributed by atoms with Crippen molar-refractivity contribution in [3.63, 3.8) is 0 Å². The minimum atomic E-state index is -2.75. The van der Waals surface area contributed by atoms with E-state index in [1.54, 1.807) is 0 Å². The monoisotopic (exact) mass is 190 g/mol. The molecule has 0 aromatic carbocycles. The molecule has 1 saturated carbocycles. The molecular weight excluding hydrogens is 174 g/mol. The molecule has 0 amide bonds. The van der Waals surface area contributed by atoms with Crippen LogP contribution < -0.4 is 5.32 Å². The van der Waals surface area contributed by atoms with Crippen LogP contribution in [0.1, 0.15) is 32.1 Å². The summed E-state index contributed by atoms with van der Waals surface area (Å²) in [4.78, 5) is 1.34. The van der Waals surface area contributed by atoms with Gasteiger partial charge in [0, 0.05) is 19.1 Å². The second-order valence-corrected chi connectivity index (χ2v) is 3.95. The molecule has 1 N–H and O–H groups in total. The third-order valence-corrected chi connectivity index (χ3v) is 3.07. The third-order valence-electron chi connectivity index (χ3n) is 3.07. The van der Waals surface area contributed by atoms with Gasteiger partial charge in [-0.25, -0.2) is 10.2 Å². The molecule has 0 bridgehead atoms. The molecule has 4 heteroatoms. The fraction of sp³-hybridized carbons (Fsp3) is 1.00. The van der Waals surface area contributed by atoms with Crippen LogP contribution in [0.25, 0.3) is 0 Å². The van der Waals surface area contributed by atoms with Crippen molar-refractivity contribution >= 4 is 0 Å². The van der Waals surface area contributed by atoms with Crippen LogP contribution in [-0.4, -0.2) is 30.2 Å². The Kier molecular flexibility index (Phi) is 2.51. The highest BCUT2D eigenvalue weighted by molar-refractivity contribution is 4.84. The molecule has 76 valence electrons. The first kappa shape index (κ1) is 9.34. The van der Waals surface area contributed by atoms with E-state index >= 15 is 0 Å². The van der Waals surface area contributed by atoms with Crippen molar-refractivity contribution < 1.29 is 8.78 Å². The largest absolute Gasteiger partial charge is 0.367 e. The average Bonchev–Trinajstić information content (AvgIpc) is 2.47. The van der Waals surface area contributed by atoms with Crippen molar-refractivity contribution in [1.29, 1.82) is 0 Å². The Balaban J connectivity index is 1.98. The molecule has 1 aliphatic carbocycles. The maximum Gasteiger partial charge on any atom is 0.367 e. The van der Waals surface area contributed by atoms with Crippen molar-refractivity contribution in [3.8, 4) is 0 Å². The van der Waals surface area contributed by atoms with Crippen LogP contribution in [0.4, 0.5) is 8.78 Å². The van der Waals surface area contributed by atoms with Gasteiger partial charge in [-0.15, -0.1) is 0 Å². The van der Waals surface area contributed by atoms with Gasteiger partial charge in [0.25, 0.3) is 0 Å². The standard InChI is InChI=1S/C9H16F2N2/c10-9(11)12-6-7-13(9)8-4-2-1-3-5-8/h8,12H,1-7H2. The van der Waals surface area contributed by atoms with Crippen LogP contribution in [0.15, 0.2) is 0 Å². The van der Waals surface area contributed by atoms with Crippen molar-refractivity contribution in [2.45, 2.75) is 44.3 Å². The maximum atomic E-state index is 13.2. The summed E-state index contributed by atoms with van der Waals surface area (Å²) in [5.41, 5.74) is 0. The lowest BCUT2D eigenvalue weighted by molar-refractivity contribution is -0.157. The molecule has 2 rings (SSSR count). The van der Waals surface area contributed by atoms with E-state index in [-0.39, 0.29) is 6.04 Å². The van der Waals surface area contributed by atoms with Crippen molar-refractivity contribution in [3.05, 3.63) is 0 Å². The zero-order chi connectivity index (χ0) is 9.31. The Morgan fingerprint density at radius 1 is 1.15 bits per heavy atom. The van der Waals surface area contributed by atoms with Gasteiger partial charge in [-0.2, -0.15) is 8.78 Å². The molecule has 2 fully saturated rings. The smallest absolute Gasteiger partial charge is 0.242 e. The minimum Gasteiger partial charge on any atom is -0.242 e. The minimum absolute atomic E-state index is 0.110. The van der Waals surface area contributed by atoms with Crippen LogP contribution in [0.3, 0.4) is 0 Å². The third kappa shape index (κ3) is 1.83. The van der Waals surface area contributed by atoms with Crippen molar-refractivity contribution in [2.24, 2.45) is 0 Å². The summed E-state index contributed by atoms with van der Waals surface area (Å²) in [5, 5.41) is 2.24. The quantitative estimate of drug-likeness (QED) is 0.634. The van der Waals surface area contributed by atoms with Gasteiger partial charge in [0.1, 0.15) is 0 Å². The van der Waals surface area contributed by atoms with Crippen molar-refractivity contribution in [1.82, 2.24) is 10.2 Å². The van der Waals surface area contributed by atoms with E-state index in [9.17, 15) is 8.78 Å². The number of nitrogens with one attached hydrogen (secondary N) is 1. The highest BCUT2D eigenvalue weighted by Gasteiger charge is 2.45. The summed E-state index contributed by atoms with van der Waals surface area (Å²) in [6.07, 6.45) is 2.56. The van der Waals surface area contributed by atoms with Gasteiger partial charge in [0.2, 0.25) is 0 Å². The summed E-state index contributed by atoms with van der Waals surface area (Å²) in [7, 11) is 0. The Bertz CT molecular complexity index is 178. The summed E-state index contributed by atoms with van der Waals surface area (Å²) < 4.78 is 26.4. The summed E-state index contributed by atoms with van der Waals surface area (Å²) in [5.74, 6) is 0. The summed E-state index contributed by atoms with van der Waals surface area (Å²) in [6.45, 7) is 0.918. The van der Waals surface area contributed by atoms with Crippen molar-refractivity contribution in [2.75, 3.05) is 13.1 Å². The van der Waals surface area contributed by atoms with Gasteiger partial charge in [-0.05, 0) is 12.8 Å². The Hall–Kier alpha value is -0.220. The molecule has 1 heterocycles. The molecule has 1 aliphatic heterocycles. The predicted molar refractivity (Wildman–Crippen MR) is 46.5 cm³/mol. The van der Waals surface area contributed by atoms with E-state index in [0.29, 0.717) is 13.1 Å². The fourth-order valence-electron chi connectivity index (χ4n) is 2.37. The van der Waals surface area contributed by atoms with E-state index in [0.717, 1.165) is 25.7 Å². The Labute approximate surface area is 77.3 Å². The molecule has 0 aromatic rings. The first-order chi connectivity index (χ1) is 6.20. The molecule has 2 aliphatic rings. The maximum absolute atomic E-state index is 13.2. The van der Waals surface area contributed by atoms with E-state index < -0.39 is 6.17 Å². The second kappa shape index (κ2) is 3.50. The SMILES string of the molecule is FC1(F)NCCN1C1CCCCC1. The molecular formula is C9H16F2N2. The molecule has 0 radical (unpaired) electrons. The summed E-state index contributed by atoms with van der Waals surface area (Å²) >= 11 is 0. The van der Waals surface area contributed by atoms with Gasteiger partial charge in [-0.3, -0.25) is 0 Å². The molecule has 0 spiro atoms. The Morgan fingerprint density at radius 3 is 2.38 bits per heavy atom. The first-order valence-corrected chi connectivity index (χ1v) is 5.10.